The molecular formula is C25H21N3O4. The second kappa shape index (κ2) is 8.01. The van der Waals surface area contributed by atoms with Gasteiger partial charge in [0.1, 0.15) is 0 Å². The molecule has 0 N–H and O–H groups in total. The molecule has 0 aliphatic carbocycles. The van der Waals surface area contributed by atoms with Crippen LogP contribution >= 0.6 is 0 Å². The molecule has 1 saturated heterocycles. The summed E-state index contributed by atoms with van der Waals surface area (Å²) in [5.41, 5.74) is 3.09. The van der Waals surface area contributed by atoms with E-state index in [0.29, 0.717) is 54.3 Å². The lowest BCUT2D eigenvalue weighted by atomic mass is 10.1. The van der Waals surface area contributed by atoms with Gasteiger partial charge in [0.15, 0.2) is 0 Å². The first kappa shape index (κ1) is 20.1. The number of hydrogen-bond acceptors (Lipinski definition) is 5. The van der Waals surface area contributed by atoms with Crippen LogP contribution < -0.4 is 4.90 Å². The molecule has 1 aromatic heterocycles. The van der Waals surface area contributed by atoms with Crippen molar-refractivity contribution in [2.75, 3.05) is 31.2 Å². The van der Waals surface area contributed by atoms with Crippen LogP contribution in [0.2, 0.25) is 0 Å². The lowest BCUT2D eigenvalue weighted by molar-refractivity contribution is -0.116. The molecule has 0 bridgehead atoms. The van der Waals surface area contributed by atoms with Crippen LogP contribution in [0.3, 0.4) is 0 Å². The minimum Gasteiger partial charge on any atom is -0.378 e. The first-order chi connectivity index (χ1) is 15.5. The van der Waals surface area contributed by atoms with E-state index in [0.717, 1.165) is 5.39 Å². The number of ether oxygens (including phenoxy) is 1. The Kier molecular flexibility index (Phi) is 5.03. The highest BCUT2D eigenvalue weighted by molar-refractivity contribution is 6.26. The SMILES string of the molecule is CC(=O)N1/C(=C\c2ccc3ccc(C(=O)N4CCOCC4)cc3n2)C(=O)c2ccccc21. The van der Waals surface area contributed by atoms with E-state index in [4.69, 9.17) is 4.74 Å². The Morgan fingerprint density at radius 1 is 1.03 bits per heavy atom. The number of amides is 2. The van der Waals surface area contributed by atoms with Crippen LogP contribution in [0.15, 0.2) is 60.3 Å². The predicted octanol–water partition coefficient (Wildman–Crippen LogP) is 3.30. The second-order valence-corrected chi connectivity index (χ2v) is 7.78. The molecule has 7 heteroatoms. The number of nitrogens with zero attached hydrogens (tertiary/aromatic N) is 3. The maximum absolute atomic E-state index is 12.9. The van der Waals surface area contributed by atoms with Crippen molar-refractivity contribution in [1.29, 1.82) is 0 Å². The summed E-state index contributed by atoms with van der Waals surface area (Å²) in [5, 5.41) is 0.884. The number of Topliss-reactive ketones (excluding diaryl/α,β-unsaturated/α-hetero) is 1. The zero-order valence-electron chi connectivity index (χ0n) is 17.6. The number of fused-ring (bicyclic) bond motifs is 2. The minimum absolute atomic E-state index is 0.0510. The Balaban J connectivity index is 1.52. The number of carbonyl (C=O) groups excluding carboxylic acids is 3. The van der Waals surface area contributed by atoms with E-state index in [1.165, 1.54) is 11.8 Å². The highest BCUT2D eigenvalue weighted by atomic mass is 16.5. The molecule has 3 heterocycles. The molecule has 2 amide bonds. The zero-order valence-corrected chi connectivity index (χ0v) is 17.6. The van der Waals surface area contributed by atoms with Gasteiger partial charge in [-0.05, 0) is 36.4 Å². The molecule has 2 aromatic carbocycles. The lowest BCUT2D eigenvalue weighted by Crippen LogP contribution is -2.40. The van der Waals surface area contributed by atoms with Crippen molar-refractivity contribution in [1.82, 2.24) is 9.88 Å². The van der Waals surface area contributed by atoms with Crippen molar-refractivity contribution in [2.24, 2.45) is 0 Å². The third kappa shape index (κ3) is 3.46. The molecule has 1 fully saturated rings. The van der Waals surface area contributed by atoms with Crippen molar-refractivity contribution < 1.29 is 19.1 Å². The molecule has 0 spiro atoms. The number of anilines is 1. The Labute approximate surface area is 184 Å². The summed E-state index contributed by atoms with van der Waals surface area (Å²) in [4.78, 5) is 45.9. The summed E-state index contributed by atoms with van der Waals surface area (Å²) < 4.78 is 5.32. The largest absolute Gasteiger partial charge is 0.378 e. The fourth-order valence-electron chi connectivity index (χ4n) is 4.13. The van der Waals surface area contributed by atoms with Crippen molar-refractivity contribution in [2.45, 2.75) is 6.92 Å². The van der Waals surface area contributed by atoms with Gasteiger partial charge in [-0.25, -0.2) is 4.98 Å². The van der Waals surface area contributed by atoms with Gasteiger partial charge in [0, 0.05) is 36.5 Å². The second-order valence-electron chi connectivity index (χ2n) is 7.78. The van der Waals surface area contributed by atoms with E-state index < -0.39 is 0 Å². The average molecular weight is 427 g/mol. The Hall–Kier alpha value is -3.84. The van der Waals surface area contributed by atoms with Crippen LogP contribution in [-0.2, 0) is 9.53 Å². The molecule has 0 atom stereocenters. The van der Waals surface area contributed by atoms with Gasteiger partial charge >= 0.3 is 0 Å². The molecule has 2 aliphatic rings. The molecule has 7 nitrogen and oxygen atoms in total. The molecular weight excluding hydrogens is 406 g/mol. The van der Waals surface area contributed by atoms with Crippen LogP contribution in [0.5, 0.6) is 0 Å². The highest BCUT2D eigenvalue weighted by Gasteiger charge is 2.34. The molecule has 32 heavy (non-hydrogen) atoms. The van der Waals surface area contributed by atoms with Crippen LogP contribution in [0, 0.1) is 0 Å². The van der Waals surface area contributed by atoms with Crippen LogP contribution in [0.4, 0.5) is 5.69 Å². The normalized spacial score (nSPS) is 17.2. The lowest BCUT2D eigenvalue weighted by Gasteiger charge is -2.26. The summed E-state index contributed by atoms with van der Waals surface area (Å²) >= 11 is 0. The fourth-order valence-corrected chi connectivity index (χ4v) is 4.13. The first-order valence-corrected chi connectivity index (χ1v) is 10.5. The van der Waals surface area contributed by atoms with Gasteiger partial charge in [0.2, 0.25) is 11.7 Å². The average Bonchev–Trinajstić information content (AvgIpc) is 3.10. The van der Waals surface area contributed by atoms with Crippen molar-refractivity contribution in [3.8, 4) is 0 Å². The van der Waals surface area contributed by atoms with Crippen LogP contribution in [0.1, 0.15) is 33.3 Å². The number of rotatable bonds is 2. The predicted molar refractivity (Wildman–Crippen MR) is 120 cm³/mol. The number of morpholine rings is 1. The molecule has 0 saturated carbocycles. The number of carbonyl (C=O) groups is 3. The fraction of sp³-hybridized carbons (Fsp3) is 0.200. The van der Waals surface area contributed by atoms with E-state index >= 15 is 0 Å². The molecule has 3 aromatic rings. The van der Waals surface area contributed by atoms with Gasteiger partial charge in [0.05, 0.1) is 35.8 Å². The van der Waals surface area contributed by atoms with Gasteiger partial charge < -0.3 is 9.64 Å². The minimum atomic E-state index is -0.242. The molecule has 0 radical (unpaired) electrons. The maximum atomic E-state index is 12.9. The Bertz CT molecular complexity index is 1290. The van der Waals surface area contributed by atoms with E-state index in [2.05, 4.69) is 4.98 Å². The summed E-state index contributed by atoms with van der Waals surface area (Å²) in [7, 11) is 0. The number of allylic oxidation sites excluding steroid dienone is 1. The van der Waals surface area contributed by atoms with Crippen LogP contribution in [0.25, 0.3) is 17.0 Å². The molecule has 0 unspecified atom stereocenters. The molecule has 5 rings (SSSR count). The number of para-hydroxylation sites is 1. The monoisotopic (exact) mass is 427 g/mol. The van der Waals surface area contributed by atoms with E-state index in [1.54, 1.807) is 53.4 Å². The standard InChI is InChI=1S/C25H21N3O4/c1-16(29)28-22-5-3-2-4-20(22)24(30)23(28)15-19-9-8-17-6-7-18(14-21(17)26-19)25(31)27-10-12-32-13-11-27/h2-9,14-15H,10-13H2,1H3/b23-15-. The summed E-state index contributed by atoms with van der Waals surface area (Å²) in [5.74, 6) is -0.507. The van der Waals surface area contributed by atoms with Gasteiger partial charge in [-0.15, -0.1) is 0 Å². The van der Waals surface area contributed by atoms with Gasteiger partial charge in [-0.2, -0.15) is 0 Å². The van der Waals surface area contributed by atoms with Crippen molar-refractivity contribution in [3.05, 3.63) is 77.1 Å². The van der Waals surface area contributed by atoms with E-state index in [1.807, 2.05) is 12.1 Å². The third-order valence-corrected chi connectivity index (χ3v) is 5.72. The van der Waals surface area contributed by atoms with Crippen molar-refractivity contribution in [3.63, 3.8) is 0 Å². The number of ketones is 1. The Morgan fingerprint density at radius 2 is 1.78 bits per heavy atom. The van der Waals surface area contributed by atoms with Gasteiger partial charge in [0.25, 0.3) is 5.91 Å². The smallest absolute Gasteiger partial charge is 0.254 e. The first-order valence-electron chi connectivity index (χ1n) is 10.5. The van der Waals surface area contributed by atoms with E-state index in [9.17, 15) is 14.4 Å². The van der Waals surface area contributed by atoms with Crippen molar-refractivity contribution >= 4 is 40.3 Å². The van der Waals surface area contributed by atoms with Gasteiger partial charge in [-0.3, -0.25) is 19.3 Å². The van der Waals surface area contributed by atoms with Gasteiger partial charge in [-0.1, -0.05) is 24.3 Å². The maximum Gasteiger partial charge on any atom is 0.254 e. The summed E-state index contributed by atoms with van der Waals surface area (Å²) in [6, 6.07) is 16.2. The topological polar surface area (TPSA) is 79.8 Å². The zero-order chi connectivity index (χ0) is 22.2. The van der Waals surface area contributed by atoms with Crippen LogP contribution in [-0.4, -0.2) is 53.8 Å². The summed E-state index contributed by atoms with van der Waals surface area (Å²) in [6.07, 6.45) is 1.62. The number of benzene rings is 2. The molecule has 160 valence electrons. The van der Waals surface area contributed by atoms with E-state index in [-0.39, 0.29) is 23.3 Å². The number of hydrogen-bond donors (Lipinski definition) is 0. The summed E-state index contributed by atoms with van der Waals surface area (Å²) in [6.45, 7) is 3.65. The number of aromatic nitrogens is 1. The highest BCUT2D eigenvalue weighted by Crippen LogP contribution is 2.35. The quantitative estimate of drug-likeness (QED) is 0.587. The Morgan fingerprint density at radius 3 is 2.56 bits per heavy atom. The third-order valence-electron chi connectivity index (χ3n) is 5.72. The molecule has 2 aliphatic heterocycles. The number of pyridine rings is 1.